The summed E-state index contributed by atoms with van der Waals surface area (Å²) in [5.74, 6) is -0.922. The normalized spacial score (nSPS) is 10.2. The Morgan fingerprint density at radius 2 is 2.00 bits per heavy atom. The molecule has 0 aliphatic rings. The van der Waals surface area contributed by atoms with Gasteiger partial charge in [-0.25, -0.2) is 4.79 Å². The monoisotopic (exact) mass is 291 g/mol. The van der Waals surface area contributed by atoms with Gasteiger partial charge in [0, 0.05) is 0 Å². The van der Waals surface area contributed by atoms with Gasteiger partial charge >= 0.3 is 11.6 Å². The number of hydrogen-bond donors (Lipinski definition) is 1. The Labute approximate surface area is 119 Å². The first kappa shape index (κ1) is 14.6. The average Bonchev–Trinajstić information content (AvgIpc) is 2.51. The number of nitrogens with one attached hydrogen (secondary N) is 1. The van der Waals surface area contributed by atoms with E-state index in [1.807, 2.05) is 0 Å². The third kappa shape index (κ3) is 3.19. The van der Waals surface area contributed by atoms with Gasteiger partial charge in [-0.3, -0.25) is 9.59 Å². The van der Waals surface area contributed by atoms with Crippen LogP contribution in [0.5, 0.6) is 5.75 Å². The van der Waals surface area contributed by atoms with Gasteiger partial charge in [0.25, 0.3) is 5.91 Å². The standard InChI is InChI=1S/C14H13NO6/c1-19-9-3-4-10-8(5-9)6-11(21-14(10)18)13(17)15-7-12(16)20-2/h3-6H,7H2,1-2H3,(H,15,17). The fourth-order valence-electron chi connectivity index (χ4n) is 1.72. The highest BCUT2D eigenvalue weighted by molar-refractivity contribution is 5.96. The first-order chi connectivity index (χ1) is 10.0. The maximum Gasteiger partial charge on any atom is 0.344 e. The third-order valence-electron chi connectivity index (χ3n) is 2.81. The number of rotatable bonds is 4. The zero-order valence-electron chi connectivity index (χ0n) is 11.5. The van der Waals surface area contributed by atoms with E-state index in [-0.39, 0.29) is 12.3 Å². The lowest BCUT2D eigenvalue weighted by Crippen LogP contribution is -2.30. The fourth-order valence-corrected chi connectivity index (χ4v) is 1.72. The molecule has 2 aromatic rings. The zero-order chi connectivity index (χ0) is 15.4. The quantitative estimate of drug-likeness (QED) is 0.833. The Morgan fingerprint density at radius 1 is 1.24 bits per heavy atom. The van der Waals surface area contributed by atoms with Gasteiger partial charge < -0.3 is 19.2 Å². The van der Waals surface area contributed by atoms with E-state index in [0.717, 1.165) is 0 Å². The lowest BCUT2D eigenvalue weighted by atomic mass is 10.1. The first-order valence-electron chi connectivity index (χ1n) is 6.02. The Bertz CT molecular complexity index is 749. The highest BCUT2D eigenvalue weighted by Crippen LogP contribution is 2.19. The van der Waals surface area contributed by atoms with Crippen LogP contribution in [0.4, 0.5) is 0 Å². The topological polar surface area (TPSA) is 94.8 Å². The van der Waals surface area contributed by atoms with Crippen LogP contribution in [0.1, 0.15) is 10.6 Å². The van der Waals surface area contributed by atoms with Crippen LogP contribution < -0.4 is 15.7 Å². The van der Waals surface area contributed by atoms with Gasteiger partial charge in [0.1, 0.15) is 12.3 Å². The van der Waals surface area contributed by atoms with E-state index in [4.69, 9.17) is 9.15 Å². The van der Waals surface area contributed by atoms with Gasteiger partial charge in [0.15, 0.2) is 5.76 Å². The van der Waals surface area contributed by atoms with Crippen LogP contribution in [-0.2, 0) is 9.53 Å². The van der Waals surface area contributed by atoms with Gasteiger partial charge in [-0.2, -0.15) is 0 Å². The van der Waals surface area contributed by atoms with Crippen molar-refractivity contribution in [3.8, 4) is 5.75 Å². The molecule has 1 aromatic heterocycles. The molecule has 0 radical (unpaired) electrons. The maximum absolute atomic E-state index is 11.8. The number of amides is 1. The Morgan fingerprint density at radius 3 is 2.67 bits per heavy atom. The molecule has 0 unspecified atom stereocenters. The van der Waals surface area contributed by atoms with Crippen molar-refractivity contribution >= 4 is 22.6 Å². The van der Waals surface area contributed by atoms with Crippen LogP contribution >= 0.6 is 0 Å². The molecular weight excluding hydrogens is 278 g/mol. The van der Waals surface area contributed by atoms with Crippen molar-refractivity contribution in [2.45, 2.75) is 0 Å². The van der Waals surface area contributed by atoms with Crippen LogP contribution in [0.3, 0.4) is 0 Å². The van der Waals surface area contributed by atoms with Gasteiger partial charge in [0.2, 0.25) is 0 Å². The molecule has 0 bridgehead atoms. The molecule has 21 heavy (non-hydrogen) atoms. The van der Waals surface area contributed by atoms with Crippen LogP contribution in [0, 0.1) is 0 Å². The van der Waals surface area contributed by atoms with E-state index in [9.17, 15) is 14.4 Å². The molecular formula is C14H13NO6. The second kappa shape index (κ2) is 6.08. The fraction of sp³-hybridized carbons (Fsp3) is 0.214. The third-order valence-corrected chi connectivity index (χ3v) is 2.81. The van der Waals surface area contributed by atoms with Crippen molar-refractivity contribution in [3.63, 3.8) is 0 Å². The Kier molecular flexibility index (Phi) is 4.22. The van der Waals surface area contributed by atoms with Crippen LogP contribution in [0.15, 0.2) is 33.5 Å². The minimum atomic E-state index is -0.679. The summed E-state index contributed by atoms with van der Waals surface area (Å²) in [6.45, 7) is -0.310. The highest BCUT2D eigenvalue weighted by Gasteiger charge is 2.13. The van der Waals surface area contributed by atoms with Gasteiger partial charge in [0.05, 0.1) is 19.6 Å². The molecule has 2 rings (SSSR count). The van der Waals surface area contributed by atoms with Crippen molar-refractivity contribution in [2.24, 2.45) is 0 Å². The summed E-state index contributed by atoms with van der Waals surface area (Å²) >= 11 is 0. The van der Waals surface area contributed by atoms with Crippen molar-refractivity contribution in [3.05, 3.63) is 40.4 Å². The smallest absolute Gasteiger partial charge is 0.344 e. The SMILES string of the molecule is COC(=O)CNC(=O)c1cc2cc(OC)ccc2c(=O)o1. The number of esters is 1. The predicted molar refractivity (Wildman–Crippen MR) is 73.4 cm³/mol. The number of fused-ring (bicyclic) bond motifs is 1. The minimum absolute atomic E-state index is 0.190. The summed E-state index contributed by atoms with van der Waals surface area (Å²) in [6, 6.07) is 6.20. The number of carbonyl (C=O) groups excluding carboxylic acids is 2. The number of methoxy groups -OCH3 is 2. The zero-order valence-corrected chi connectivity index (χ0v) is 11.5. The predicted octanol–water partition coefficient (Wildman–Crippen LogP) is 0.704. The summed E-state index contributed by atoms with van der Waals surface area (Å²) in [5.41, 5.74) is -0.640. The second-order valence-corrected chi connectivity index (χ2v) is 4.11. The summed E-state index contributed by atoms with van der Waals surface area (Å²) < 4.78 is 14.4. The molecule has 1 N–H and O–H groups in total. The molecule has 0 atom stereocenters. The first-order valence-corrected chi connectivity index (χ1v) is 6.02. The van der Waals surface area contributed by atoms with Crippen LogP contribution in [0.2, 0.25) is 0 Å². The number of carbonyl (C=O) groups is 2. The number of benzene rings is 1. The van der Waals surface area contributed by atoms with E-state index < -0.39 is 17.5 Å². The van der Waals surface area contributed by atoms with E-state index in [2.05, 4.69) is 10.1 Å². The summed E-state index contributed by atoms with van der Waals surface area (Å²) in [6.07, 6.45) is 0. The molecule has 7 heteroatoms. The molecule has 0 saturated heterocycles. The van der Waals surface area contributed by atoms with Crippen molar-refractivity contribution in [2.75, 3.05) is 20.8 Å². The van der Waals surface area contributed by atoms with Gasteiger partial charge in [-0.1, -0.05) is 0 Å². The second-order valence-electron chi connectivity index (χ2n) is 4.11. The lowest BCUT2D eigenvalue weighted by molar-refractivity contribution is -0.139. The number of ether oxygens (including phenoxy) is 2. The minimum Gasteiger partial charge on any atom is -0.497 e. The van der Waals surface area contributed by atoms with Crippen molar-refractivity contribution in [1.29, 1.82) is 0 Å². The van der Waals surface area contributed by atoms with Crippen molar-refractivity contribution in [1.82, 2.24) is 5.32 Å². The van der Waals surface area contributed by atoms with Gasteiger partial charge in [-0.15, -0.1) is 0 Å². The molecule has 1 aromatic carbocycles. The largest absolute Gasteiger partial charge is 0.497 e. The molecule has 110 valence electrons. The molecule has 0 spiro atoms. The van der Waals surface area contributed by atoms with E-state index >= 15 is 0 Å². The number of hydrogen-bond acceptors (Lipinski definition) is 6. The van der Waals surface area contributed by atoms with Gasteiger partial charge in [-0.05, 0) is 29.7 Å². The Hall–Kier alpha value is -2.83. The molecule has 0 aliphatic carbocycles. The molecule has 7 nitrogen and oxygen atoms in total. The molecule has 1 heterocycles. The summed E-state index contributed by atoms with van der Waals surface area (Å²) in [4.78, 5) is 34.6. The molecule has 0 saturated carbocycles. The van der Waals surface area contributed by atoms with Crippen molar-refractivity contribution < 1.29 is 23.5 Å². The summed E-state index contributed by atoms with van der Waals surface area (Å²) in [7, 11) is 2.70. The maximum atomic E-state index is 11.8. The molecule has 0 aliphatic heterocycles. The van der Waals surface area contributed by atoms with E-state index in [1.165, 1.54) is 20.3 Å². The van der Waals surface area contributed by atoms with Crippen LogP contribution in [0.25, 0.3) is 10.8 Å². The lowest BCUT2D eigenvalue weighted by Gasteiger charge is -2.05. The molecule has 1 amide bonds. The van der Waals surface area contributed by atoms with Crippen LogP contribution in [-0.4, -0.2) is 32.6 Å². The summed E-state index contributed by atoms with van der Waals surface area (Å²) in [5, 5.41) is 3.13. The Balaban J connectivity index is 2.34. The highest BCUT2D eigenvalue weighted by atomic mass is 16.5. The van der Waals surface area contributed by atoms with E-state index in [1.54, 1.807) is 18.2 Å². The van der Waals surface area contributed by atoms with E-state index in [0.29, 0.717) is 16.5 Å². The average molecular weight is 291 g/mol. The molecule has 0 fully saturated rings.